The minimum atomic E-state index is -0.335. The predicted molar refractivity (Wildman–Crippen MR) is 161 cm³/mol. The third kappa shape index (κ3) is 6.80. The summed E-state index contributed by atoms with van der Waals surface area (Å²) in [5.41, 5.74) is 2.67. The number of hydrogen-bond acceptors (Lipinski definition) is 5. The number of carbonyl (C=O) groups is 1. The number of fused-ring (bicyclic) bond motifs is 1. The number of nitrogens with one attached hydrogen (secondary N) is 1. The molecule has 0 aromatic heterocycles. The molecule has 1 unspecified atom stereocenters. The number of amides is 1. The van der Waals surface area contributed by atoms with E-state index in [1.54, 1.807) is 7.11 Å². The van der Waals surface area contributed by atoms with E-state index in [4.69, 9.17) is 18.9 Å². The molecular formula is C35H43NO5. The first kappa shape index (κ1) is 28.8. The lowest BCUT2D eigenvalue weighted by Crippen LogP contribution is -2.44. The van der Waals surface area contributed by atoms with E-state index in [-0.39, 0.29) is 23.7 Å². The van der Waals surface area contributed by atoms with Gasteiger partial charge in [0.25, 0.3) is 0 Å². The lowest BCUT2D eigenvalue weighted by atomic mass is 9.83. The van der Waals surface area contributed by atoms with Gasteiger partial charge in [-0.3, -0.25) is 4.79 Å². The Labute approximate surface area is 244 Å². The van der Waals surface area contributed by atoms with Gasteiger partial charge in [-0.15, -0.1) is 0 Å². The molecule has 0 radical (unpaired) electrons. The van der Waals surface area contributed by atoms with Crippen molar-refractivity contribution in [3.63, 3.8) is 0 Å². The zero-order valence-electron chi connectivity index (χ0n) is 24.6. The molecule has 1 saturated carbocycles. The van der Waals surface area contributed by atoms with E-state index in [0.717, 1.165) is 65.4 Å². The van der Waals surface area contributed by atoms with Crippen molar-refractivity contribution in [2.45, 2.75) is 96.0 Å². The largest absolute Gasteiger partial charge is 0.493 e. The van der Waals surface area contributed by atoms with Crippen LogP contribution in [0.5, 0.6) is 23.0 Å². The summed E-state index contributed by atoms with van der Waals surface area (Å²) < 4.78 is 24.9. The van der Waals surface area contributed by atoms with Gasteiger partial charge in [0.05, 0.1) is 24.8 Å². The van der Waals surface area contributed by atoms with Crippen molar-refractivity contribution in [2.75, 3.05) is 7.11 Å². The van der Waals surface area contributed by atoms with Crippen LogP contribution in [0, 0.1) is 0 Å². The van der Waals surface area contributed by atoms with Crippen molar-refractivity contribution in [2.24, 2.45) is 0 Å². The summed E-state index contributed by atoms with van der Waals surface area (Å²) in [7, 11) is 1.67. The lowest BCUT2D eigenvalue weighted by Gasteiger charge is -2.42. The van der Waals surface area contributed by atoms with Gasteiger partial charge in [0.15, 0.2) is 11.5 Å². The maximum absolute atomic E-state index is 13.5. The summed E-state index contributed by atoms with van der Waals surface area (Å²) in [6.45, 7) is 4.75. The molecule has 1 aliphatic carbocycles. The van der Waals surface area contributed by atoms with E-state index < -0.39 is 0 Å². The number of para-hydroxylation sites is 1. The summed E-state index contributed by atoms with van der Waals surface area (Å²) in [5, 5.41) is 3.36. The Balaban J connectivity index is 1.33. The molecule has 2 aliphatic rings. The number of carbonyl (C=O) groups excluding carboxylic acids is 1. The Hall–Kier alpha value is -3.67. The van der Waals surface area contributed by atoms with Gasteiger partial charge in [-0.1, -0.05) is 62.4 Å². The fourth-order valence-corrected chi connectivity index (χ4v) is 6.11. The standard InChI is InChI=1S/C35H43NO5/c1-4-35(5-2)23-28(33-29(18-12-19-30(33)41-35)39-24-25-13-7-6-8-14-25)36-32(37)22-21-26-15-11-20-31(38-3)34(26)40-27-16-9-10-17-27/h6-8,11-15,18-20,27-28H,4-5,9-10,16-17,21-24H2,1-3H3,(H,36,37). The molecule has 6 heteroatoms. The van der Waals surface area contributed by atoms with Crippen LogP contribution in [0.3, 0.4) is 0 Å². The SMILES string of the molecule is CCC1(CC)CC(NC(=O)CCc2cccc(OC)c2OC2CCCC2)c2c(OCc3ccccc3)cccc2O1. The Morgan fingerprint density at radius 2 is 1.68 bits per heavy atom. The molecule has 0 saturated heterocycles. The molecule has 1 amide bonds. The van der Waals surface area contributed by atoms with Gasteiger partial charge >= 0.3 is 0 Å². The third-order valence-electron chi connectivity index (χ3n) is 8.63. The van der Waals surface area contributed by atoms with Gasteiger partial charge in [-0.25, -0.2) is 0 Å². The second-order valence-corrected chi connectivity index (χ2v) is 11.2. The Bertz CT molecular complexity index is 1300. The molecule has 0 bridgehead atoms. The highest BCUT2D eigenvalue weighted by Gasteiger charge is 2.40. The maximum atomic E-state index is 13.5. The molecule has 41 heavy (non-hydrogen) atoms. The molecule has 3 aromatic carbocycles. The van der Waals surface area contributed by atoms with Crippen molar-refractivity contribution >= 4 is 5.91 Å². The number of ether oxygens (including phenoxy) is 4. The number of aryl methyl sites for hydroxylation is 1. The summed E-state index contributed by atoms with van der Waals surface area (Å²) >= 11 is 0. The zero-order valence-corrected chi connectivity index (χ0v) is 24.6. The van der Waals surface area contributed by atoms with Gasteiger partial charge < -0.3 is 24.3 Å². The van der Waals surface area contributed by atoms with E-state index in [2.05, 4.69) is 19.2 Å². The van der Waals surface area contributed by atoms with Crippen molar-refractivity contribution < 1.29 is 23.7 Å². The number of rotatable bonds is 12. The first-order chi connectivity index (χ1) is 20.0. The quantitative estimate of drug-likeness (QED) is 0.247. The van der Waals surface area contributed by atoms with Crippen LogP contribution in [0.15, 0.2) is 66.7 Å². The molecule has 6 nitrogen and oxygen atoms in total. The molecule has 1 fully saturated rings. The molecular weight excluding hydrogens is 514 g/mol. The number of benzene rings is 3. The fourth-order valence-electron chi connectivity index (χ4n) is 6.11. The topological polar surface area (TPSA) is 66.0 Å². The van der Waals surface area contributed by atoms with E-state index >= 15 is 0 Å². The molecule has 1 atom stereocenters. The van der Waals surface area contributed by atoms with Crippen molar-refractivity contribution in [1.82, 2.24) is 5.32 Å². The number of methoxy groups -OCH3 is 1. The number of hydrogen-bond donors (Lipinski definition) is 1. The summed E-state index contributed by atoms with van der Waals surface area (Å²) in [4.78, 5) is 13.5. The van der Waals surface area contributed by atoms with Gasteiger partial charge in [-0.2, -0.15) is 0 Å². The summed E-state index contributed by atoms with van der Waals surface area (Å²) in [5.74, 6) is 3.03. The van der Waals surface area contributed by atoms with Gasteiger partial charge in [-0.05, 0) is 74.3 Å². The molecule has 1 aliphatic heterocycles. The van der Waals surface area contributed by atoms with Crippen LogP contribution in [0.2, 0.25) is 0 Å². The molecule has 5 rings (SSSR count). The normalized spacial score (nSPS) is 17.8. The Kier molecular flexibility index (Phi) is 9.38. The predicted octanol–water partition coefficient (Wildman–Crippen LogP) is 7.73. The Morgan fingerprint density at radius 1 is 0.951 bits per heavy atom. The van der Waals surface area contributed by atoms with Crippen LogP contribution in [0.25, 0.3) is 0 Å². The average Bonchev–Trinajstić information content (AvgIpc) is 3.53. The highest BCUT2D eigenvalue weighted by molar-refractivity contribution is 5.77. The minimum Gasteiger partial charge on any atom is -0.493 e. The molecule has 218 valence electrons. The molecule has 3 aromatic rings. The third-order valence-corrected chi connectivity index (χ3v) is 8.63. The highest BCUT2D eigenvalue weighted by Crippen LogP contribution is 2.47. The van der Waals surface area contributed by atoms with Crippen LogP contribution >= 0.6 is 0 Å². The summed E-state index contributed by atoms with van der Waals surface area (Å²) in [6.07, 6.45) is 8.04. The lowest BCUT2D eigenvalue weighted by molar-refractivity contribution is -0.122. The van der Waals surface area contributed by atoms with E-state index in [0.29, 0.717) is 25.9 Å². The van der Waals surface area contributed by atoms with Crippen molar-refractivity contribution in [1.29, 1.82) is 0 Å². The van der Waals surface area contributed by atoms with Crippen LogP contribution in [-0.2, 0) is 17.8 Å². The average molecular weight is 558 g/mol. The van der Waals surface area contributed by atoms with Crippen LogP contribution in [-0.4, -0.2) is 24.7 Å². The van der Waals surface area contributed by atoms with E-state index in [1.165, 1.54) is 12.8 Å². The van der Waals surface area contributed by atoms with Crippen molar-refractivity contribution in [3.8, 4) is 23.0 Å². The van der Waals surface area contributed by atoms with E-state index in [1.807, 2.05) is 66.7 Å². The van der Waals surface area contributed by atoms with Gasteiger partial charge in [0.2, 0.25) is 5.91 Å². The smallest absolute Gasteiger partial charge is 0.220 e. The molecule has 0 spiro atoms. The molecule has 1 heterocycles. The Morgan fingerprint density at radius 3 is 2.41 bits per heavy atom. The monoisotopic (exact) mass is 557 g/mol. The maximum Gasteiger partial charge on any atom is 0.220 e. The van der Waals surface area contributed by atoms with E-state index in [9.17, 15) is 4.79 Å². The summed E-state index contributed by atoms with van der Waals surface area (Å²) in [6, 6.07) is 21.8. The van der Waals surface area contributed by atoms with Crippen LogP contribution in [0.1, 0.15) is 87.9 Å². The second-order valence-electron chi connectivity index (χ2n) is 11.2. The van der Waals surface area contributed by atoms with Gasteiger partial charge in [0.1, 0.15) is 23.7 Å². The van der Waals surface area contributed by atoms with Gasteiger partial charge in [0, 0.05) is 12.8 Å². The first-order valence-electron chi connectivity index (χ1n) is 15.1. The molecule has 1 N–H and O–H groups in total. The first-order valence-corrected chi connectivity index (χ1v) is 15.1. The van der Waals surface area contributed by atoms with Crippen LogP contribution < -0.4 is 24.3 Å². The minimum absolute atomic E-state index is 0.00328. The zero-order chi connectivity index (χ0) is 28.7. The fraction of sp³-hybridized carbons (Fsp3) is 0.457. The highest BCUT2D eigenvalue weighted by atomic mass is 16.5. The second kappa shape index (κ2) is 13.3. The van der Waals surface area contributed by atoms with Crippen LogP contribution in [0.4, 0.5) is 0 Å². The van der Waals surface area contributed by atoms with Crippen molar-refractivity contribution in [3.05, 3.63) is 83.4 Å².